The molecule has 2 nitrogen and oxygen atoms in total. The Hall–Kier alpha value is -0.150. The van der Waals surface area contributed by atoms with E-state index in [0.29, 0.717) is 16.4 Å². The molecule has 0 aliphatic carbocycles. The van der Waals surface area contributed by atoms with E-state index in [9.17, 15) is 0 Å². The highest BCUT2D eigenvalue weighted by Gasteiger charge is 2.26. The van der Waals surface area contributed by atoms with Crippen molar-refractivity contribution in [2.75, 3.05) is 13.1 Å². The third-order valence-electron chi connectivity index (χ3n) is 3.80. The second-order valence-electron chi connectivity index (χ2n) is 5.79. The van der Waals surface area contributed by atoms with Gasteiger partial charge in [-0.05, 0) is 44.2 Å². The minimum absolute atomic E-state index is 0.510. The van der Waals surface area contributed by atoms with Gasteiger partial charge >= 0.3 is 0 Å². The molecule has 0 radical (unpaired) electrons. The summed E-state index contributed by atoms with van der Waals surface area (Å²) in [5.41, 5.74) is 6.18. The molecule has 0 amide bonds. The maximum atomic E-state index is 5.67. The lowest BCUT2D eigenvalue weighted by molar-refractivity contribution is 0.194. The van der Waals surface area contributed by atoms with Crippen LogP contribution in [0.3, 0.4) is 0 Å². The molecule has 94 valence electrons. The molecule has 0 aromatic rings. The second kappa shape index (κ2) is 5.97. The summed E-state index contributed by atoms with van der Waals surface area (Å²) in [6.45, 7) is 9.41. The maximum Gasteiger partial charge on any atom is 0.0743 e. The van der Waals surface area contributed by atoms with Gasteiger partial charge in [-0.1, -0.05) is 33.0 Å². The molecular formula is C13H26N2S. The molecule has 2 N–H and O–H groups in total. The van der Waals surface area contributed by atoms with Crippen molar-refractivity contribution in [1.29, 1.82) is 0 Å². The van der Waals surface area contributed by atoms with E-state index in [0.717, 1.165) is 12.8 Å². The van der Waals surface area contributed by atoms with E-state index in [1.54, 1.807) is 0 Å². The maximum absolute atomic E-state index is 5.67. The van der Waals surface area contributed by atoms with Crippen LogP contribution in [0.15, 0.2) is 0 Å². The van der Waals surface area contributed by atoms with Gasteiger partial charge in [0, 0.05) is 12.5 Å². The van der Waals surface area contributed by atoms with Crippen molar-refractivity contribution in [3.8, 4) is 0 Å². The van der Waals surface area contributed by atoms with Crippen molar-refractivity contribution in [1.82, 2.24) is 4.90 Å². The van der Waals surface area contributed by atoms with E-state index in [1.807, 2.05) is 0 Å². The number of thiocarbonyl (C=S) groups is 1. The first kappa shape index (κ1) is 13.9. The van der Waals surface area contributed by atoms with Gasteiger partial charge in [0.25, 0.3) is 0 Å². The summed E-state index contributed by atoms with van der Waals surface area (Å²) in [6, 6.07) is 0.561. The third kappa shape index (κ3) is 4.38. The van der Waals surface area contributed by atoms with Crippen molar-refractivity contribution in [3.63, 3.8) is 0 Å². The first-order chi connectivity index (χ1) is 7.44. The second-order valence-corrected chi connectivity index (χ2v) is 6.31. The number of hydrogen-bond acceptors (Lipinski definition) is 2. The Bertz CT molecular complexity index is 238. The third-order valence-corrected chi connectivity index (χ3v) is 3.97. The van der Waals surface area contributed by atoms with Crippen LogP contribution in [0.5, 0.6) is 0 Å². The zero-order valence-electron chi connectivity index (χ0n) is 11.0. The normalized spacial score (nSPS) is 23.7. The summed E-state index contributed by atoms with van der Waals surface area (Å²) in [4.78, 5) is 3.25. The lowest BCUT2D eigenvalue weighted by Crippen LogP contribution is -2.38. The van der Waals surface area contributed by atoms with Gasteiger partial charge in [-0.15, -0.1) is 0 Å². The largest absolute Gasteiger partial charge is 0.393 e. The molecule has 1 fully saturated rings. The summed E-state index contributed by atoms with van der Waals surface area (Å²) in [5.74, 6) is 0. The number of nitrogens with two attached hydrogens (primary N) is 1. The van der Waals surface area contributed by atoms with Gasteiger partial charge in [0.2, 0.25) is 0 Å². The molecule has 1 rings (SSSR count). The highest BCUT2D eigenvalue weighted by molar-refractivity contribution is 7.80. The minimum atomic E-state index is 0.510. The fraction of sp³-hybridized carbons (Fsp3) is 0.923. The fourth-order valence-electron chi connectivity index (χ4n) is 2.57. The number of likely N-dealkylation sites (tertiary alicyclic amines) is 1. The average molecular weight is 242 g/mol. The Morgan fingerprint density at radius 2 is 2.06 bits per heavy atom. The van der Waals surface area contributed by atoms with Crippen molar-refractivity contribution >= 4 is 17.2 Å². The van der Waals surface area contributed by atoms with Gasteiger partial charge < -0.3 is 5.73 Å². The Morgan fingerprint density at radius 3 is 2.62 bits per heavy atom. The van der Waals surface area contributed by atoms with E-state index >= 15 is 0 Å². The highest BCUT2D eigenvalue weighted by atomic mass is 32.1. The van der Waals surface area contributed by atoms with Crippen LogP contribution in [0.1, 0.15) is 52.9 Å². The predicted octanol–water partition coefficient (Wildman–Crippen LogP) is 2.95. The molecule has 1 heterocycles. The van der Waals surface area contributed by atoms with Crippen molar-refractivity contribution in [3.05, 3.63) is 0 Å². The first-order valence-corrected chi connectivity index (χ1v) is 6.88. The average Bonchev–Trinajstić information content (AvgIpc) is 2.35. The Kier molecular flexibility index (Phi) is 5.19. The Morgan fingerprint density at radius 1 is 1.38 bits per heavy atom. The summed E-state index contributed by atoms with van der Waals surface area (Å²) < 4.78 is 0. The van der Waals surface area contributed by atoms with Gasteiger partial charge in [0.1, 0.15) is 0 Å². The smallest absolute Gasteiger partial charge is 0.0743 e. The monoisotopic (exact) mass is 242 g/mol. The molecule has 3 heteroatoms. The molecule has 1 aliphatic rings. The standard InChI is InChI=1S/C13H26N2S/c1-4-11(10-12(14)16)15-8-5-6-13(2,3)7-9-15/h11H,4-10H2,1-3H3,(H2,14,16). The first-order valence-electron chi connectivity index (χ1n) is 6.47. The molecule has 0 saturated carbocycles. The molecule has 1 atom stereocenters. The van der Waals surface area contributed by atoms with Crippen molar-refractivity contribution < 1.29 is 0 Å². The molecule has 1 unspecified atom stereocenters. The predicted molar refractivity (Wildman–Crippen MR) is 74.7 cm³/mol. The molecule has 0 bridgehead atoms. The minimum Gasteiger partial charge on any atom is -0.393 e. The molecule has 0 spiro atoms. The van der Waals surface area contributed by atoms with Crippen LogP contribution >= 0.6 is 12.2 Å². The Labute approximate surface area is 106 Å². The fourth-order valence-corrected chi connectivity index (χ4v) is 2.77. The quantitative estimate of drug-likeness (QED) is 0.769. The number of hydrogen-bond donors (Lipinski definition) is 1. The van der Waals surface area contributed by atoms with Crippen LogP contribution in [0.25, 0.3) is 0 Å². The highest BCUT2D eigenvalue weighted by Crippen LogP contribution is 2.31. The van der Waals surface area contributed by atoms with Crippen LogP contribution in [0, 0.1) is 5.41 Å². The zero-order chi connectivity index (χ0) is 12.2. The topological polar surface area (TPSA) is 29.3 Å². The molecule has 1 aliphatic heterocycles. The summed E-state index contributed by atoms with van der Waals surface area (Å²) in [7, 11) is 0. The van der Waals surface area contributed by atoms with Gasteiger partial charge in [0.05, 0.1) is 4.99 Å². The Balaban J connectivity index is 2.54. The number of rotatable bonds is 4. The van der Waals surface area contributed by atoms with E-state index in [4.69, 9.17) is 18.0 Å². The van der Waals surface area contributed by atoms with E-state index in [-0.39, 0.29) is 0 Å². The molecule has 0 aromatic heterocycles. The van der Waals surface area contributed by atoms with Crippen LogP contribution in [0.4, 0.5) is 0 Å². The molecule has 1 saturated heterocycles. The van der Waals surface area contributed by atoms with Gasteiger partial charge in [-0.3, -0.25) is 4.90 Å². The van der Waals surface area contributed by atoms with Crippen LogP contribution in [0.2, 0.25) is 0 Å². The van der Waals surface area contributed by atoms with Gasteiger partial charge in [0.15, 0.2) is 0 Å². The van der Waals surface area contributed by atoms with Gasteiger partial charge in [-0.2, -0.15) is 0 Å². The summed E-state index contributed by atoms with van der Waals surface area (Å²) >= 11 is 5.04. The van der Waals surface area contributed by atoms with Crippen molar-refractivity contribution in [2.45, 2.75) is 58.9 Å². The summed E-state index contributed by atoms with van der Waals surface area (Å²) in [6.07, 6.45) is 5.97. The van der Waals surface area contributed by atoms with Crippen molar-refractivity contribution in [2.24, 2.45) is 11.1 Å². The van der Waals surface area contributed by atoms with E-state index in [1.165, 1.54) is 32.4 Å². The molecule has 16 heavy (non-hydrogen) atoms. The lowest BCUT2D eigenvalue weighted by atomic mass is 9.85. The number of nitrogens with zero attached hydrogens (tertiary/aromatic N) is 1. The summed E-state index contributed by atoms with van der Waals surface area (Å²) in [5, 5.41) is 0. The van der Waals surface area contributed by atoms with Crippen LogP contribution in [-0.2, 0) is 0 Å². The lowest BCUT2D eigenvalue weighted by Gasteiger charge is -2.30. The molecular weight excluding hydrogens is 216 g/mol. The zero-order valence-corrected chi connectivity index (χ0v) is 11.8. The van der Waals surface area contributed by atoms with Crippen LogP contribution in [-0.4, -0.2) is 29.0 Å². The molecule has 0 aromatic carbocycles. The van der Waals surface area contributed by atoms with E-state index in [2.05, 4.69) is 25.7 Å². The van der Waals surface area contributed by atoms with Gasteiger partial charge in [-0.25, -0.2) is 0 Å². The van der Waals surface area contributed by atoms with E-state index < -0.39 is 0 Å². The van der Waals surface area contributed by atoms with Crippen LogP contribution < -0.4 is 5.73 Å². The SMILES string of the molecule is CCC(CC(N)=S)N1CCCC(C)(C)CC1.